The summed E-state index contributed by atoms with van der Waals surface area (Å²) in [6.07, 6.45) is 9.78. The van der Waals surface area contributed by atoms with E-state index in [1.54, 1.807) is 0 Å². The molecule has 0 aliphatic heterocycles. The van der Waals surface area contributed by atoms with Crippen molar-refractivity contribution < 1.29 is 5.11 Å². The molecule has 1 aromatic carbocycles. The van der Waals surface area contributed by atoms with Gasteiger partial charge in [-0.2, -0.15) is 0 Å². The third kappa shape index (κ3) is 4.94. The highest BCUT2D eigenvalue weighted by atomic mass is 16.3. The van der Waals surface area contributed by atoms with Crippen molar-refractivity contribution in [3.05, 3.63) is 35.4 Å². The molecule has 0 saturated heterocycles. The molecule has 1 heteroatoms. The van der Waals surface area contributed by atoms with Crippen LogP contribution in [0.5, 0.6) is 0 Å². The molecule has 0 heterocycles. The third-order valence-electron chi connectivity index (χ3n) is 4.21. The first kappa shape index (κ1) is 17.2. The largest absolute Gasteiger partial charge is 0.385 e. The van der Waals surface area contributed by atoms with Gasteiger partial charge in [0, 0.05) is 0 Å². The fourth-order valence-corrected chi connectivity index (χ4v) is 2.89. The fraction of sp³-hybridized carbons (Fsp3) is 0.684. The van der Waals surface area contributed by atoms with Crippen molar-refractivity contribution in [3.63, 3.8) is 0 Å². The van der Waals surface area contributed by atoms with Crippen molar-refractivity contribution in [1.29, 1.82) is 0 Å². The van der Waals surface area contributed by atoms with Crippen LogP contribution >= 0.6 is 0 Å². The quantitative estimate of drug-likeness (QED) is 0.590. The molecule has 0 fully saturated rings. The molecule has 0 unspecified atom stereocenters. The van der Waals surface area contributed by atoms with Crippen LogP contribution in [-0.4, -0.2) is 5.11 Å². The van der Waals surface area contributed by atoms with Crippen LogP contribution in [0.3, 0.4) is 0 Å². The van der Waals surface area contributed by atoms with Gasteiger partial charge in [0.15, 0.2) is 0 Å². The van der Waals surface area contributed by atoms with E-state index in [1.807, 2.05) is 0 Å². The number of unbranched alkanes of at least 4 members (excludes halogenated alkanes) is 3. The first-order chi connectivity index (χ1) is 9.68. The molecule has 1 N–H and O–H groups in total. The number of benzene rings is 1. The Morgan fingerprint density at radius 3 is 1.95 bits per heavy atom. The topological polar surface area (TPSA) is 20.2 Å². The minimum absolute atomic E-state index is 0.615. The standard InChI is InChI=1S/C19H32O/c1-4-7-12-17-13-10-11-14-18(17)19(20,15-8-5-2)16-9-6-3/h10-11,13-14,20H,4-9,12,15-16H2,1-3H3. The lowest BCUT2D eigenvalue weighted by molar-refractivity contribution is 0.0133. The van der Waals surface area contributed by atoms with Crippen LogP contribution in [0.4, 0.5) is 0 Å². The van der Waals surface area contributed by atoms with Gasteiger partial charge in [0.05, 0.1) is 5.60 Å². The van der Waals surface area contributed by atoms with Crippen molar-refractivity contribution in [2.24, 2.45) is 0 Å². The highest BCUT2D eigenvalue weighted by Crippen LogP contribution is 2.35. The van der Waals surface area contributed by atoms with E-state index in [9.17, 15) is 5.11 Å². The zero-order valence-electron chi connectivity index (χ0n) is 13.6. The van der Waals surface area contributed by atoms with Gasteiger partial charge < -0.3 is 5.11 Å². The molecule has 20 heavy (non-hydrogen) atoms. The van der Waals surface area contributed by atoms with Crippen LogP contribution in [-0.2, 0) is 12.0 Å². The molecule has 1 aromatic rings. The SMILES string of the molecule is CCCCc1ccccc1C(O)(CCCC)CCCC. The maximum atomic E-state index is 11.2. The van der Waals surface area contributed by atoms with Crippen LogP contribution in [0.25, 0.3) is 0 Å². The second kappa shape index (κ2) is 9.18. The fourth-order valence-electron chi connectivity index (χ4n) is 2.89. The van der Waals surface area contributed by atoms with Crippen molar-refractivity contribution in [3.8, 4) is 0 Å². The Hall–Kier alpha value is -0.820. The first-order valence-electron chi connectivity index (χ1n) is 8.48. The Morgan fingerprint density at radius 2 is 1.40 bits per heavy atom. The van der Waals surface area contributed by atoms with Gasteiger partial charge in [0.25, 0.3) is 0 Å². The second-order valence-electron chi connectivity index (χ2n) is 6.00. The van der Waals surface area contributed by atoms with E-state index < -0.39 is 5.60 Å². The predicted molar refractivity (Wildman–Crippen MR) is 88.0 cm³/mol. The summed E-state index contributed by atoms with van der Waals surface area (Å²) in [5, 5.41) is 11.2. The van der Waals surface area contributed by atoms with Crippen LogP contribution in [0.2, 0.25) is 0 Å². The first-order valence-corrected chi connectivity index (χ1v) is 8.48. The lowest BCUT2D eigenvalue weighted by atomic mass is 9.81. The van der Waals surface area contributed by atoms with Gasteiger partial charge in [-0.15, -0.1) is 0 Å². The summed E-state index contributed by atoms with van der Waals surface area (Å²) in [7, 11) is 0. The molecule has 1 rings (SSSR count). The van der Waals surface area contributed by atoms with Crippen molar-refractivity contribution in [2.75, 3.05) is 0 Å². The summed E-state index contributed by atoms with van der Waals surface area (Å²) in [6.45, 7) is 6.62. The molecule has 1 nitrogen and oxygen atoms in total. The summed E-state index contributed by atoms with van der Waals surface area (Å²) in [4.78, 5) is 0. The normalized spacial score (nSPS) is 11.8. The van der Waals surface area contributed by atoms with E-state index in [2.05, 4.69) is 45.0 Å². The highest BCUT2D eigenvalue weighted by Gasteiger charge is 2.29. The van der Waals surface area contributed by atoms with E-state index in [0.29, 0.717) is 0 Å². The van der Waals surface area contributed by atoms with E-state index in [4.69, 9.17) is 0 Å². The van der Waals surface area contributed by atoms with Crippen molar-refractivity contribution in [1.82, 2.24) is 0 Å². The third-order valence-corrected chi connectivity index (χ3v) is 4.21. The van der Waals surface area contributed by atoms with Gasteiger partial charge in [-0.05, 0) is 36.8 Å². The monoisotopic (exact) mass is 276 g/mol. The van der Waals surface area contributed by atoms with Crippen LogP contribution in [0, 0.1) is 0 Å². The molecule has 0 atom stereocenters. The molecule has 0 spiro atoms. The predicted octanol–water partition coefficient (Wildman–Crippen LogP) is 5.60. The minimum Gasteiger partial charge on any atom is -0.385 e. The summed E-state index contributed by atoms with van der Waals surface area (Å²) >= 11 is 0. The van der Waals surface area contributed by atoms with Gasteiger partial charge in [-0.25, -0.2) is 0 Å². The number of hydrogen-bond acceptors (Lipinski definition) is 1. The van der Waals surface area contributed by atoms with E-state index in [0.717, 1.165) is 44.9 Å². The van der Waals surface area contributed by atoms with Crippen LogP contribution < -0.4 is 0 Å². The molecular formula is C19H32O. The number of aryl methyl sites for hydroxylation is 1. The van der Waals surface area contributed by atoms with Crippen LogP contribution in [0.15, 0.2) is 24.3 Å². The molecule has 0 aliphatic rings. The van der Waals surface area contributed by atoms with Crippen molar-refractivity contribution >= 4 is 0 Å². The number of hydrogen-bond donors (Lipinski definition) is 1. The van der Waals surface area contributed by atoms with Gasteiger partial charge in [-0.1, -0.05) is 77.1 Å². The maximum Gasteiger partial charge on any atom is 0.0899 e. The van der Waals surface area contributed by atoms with Gasteiger partial charge in [0.2, 0.25) is 0 Å². The summed E-state index contributed by atoms with van der Waals surface area (Å²) in [5.41, 5.74) is 1.93. The average molecular weight is 276 g/mol. The minimum atomic E-state index is -0.615. The Kier molecular flexibility index (Phi) is 7.91. The molecule has 0 bridgehead atoms. The van der Waals surface area contributed by atoms with Crippen molar-refractivity contribution in [2.45, 2.75) is 84.2 Å². The summed E-state index contributed by atoms with van der Waals surface area (Å²) in [5.74, 6) is 0. The molecular weight excluding hydrogens is 244 g/mol. The molecule has 0 saturated carbocycles. The Balaban J connectivity index is 2.98. The van der Waals surface area contributed by atoms with Gasteiger partial charge >= 0.3 is 0 Å². The highest BCUT2D eigenvalue weighted by molar-refractivity contribution is 5.32. The van der Waals surface area contributed by atoms with Crippen LogP contribution in [0.1, 0.15) is 83.3 Å². The average Bonchev–Trinajstić information content (AvgIpc) is 2.49. The van der Waals surface area contributed by atoms with Gasteiger partial charge in [0.1, 0.15) is 0 Å². The lowest BCUT2D eigenvalue weighted by Crippen LogP contribution is -2.27. The number of aliphatic hydroxyl groups is 1. The smallest absolute Gasteiger partial charge is 0.0899 e. The zero-order chi connectivity index (χ0) is 14.8. The Morgan fingerprint density at radius 1 is 0.850 bits per heavy atom. The van der Waals surface area contributed by atoms with E-state index >= 15 is 0 Å². The Labute approximate surface area is 125 Å². The molecule has 0 aromatic heterocycles. The zero-order valence-corrected chi connectivity index (χ0v) is 13.6. The second-order valence-corrected chi connectivity index (χ2v) is 6.00. The molecule has 0 amide bonds. The number of rotatable bonds is 10. The summed E-state index contributed by atoms with van der Waals surface area (Å²) < 4.78 is 0. The maximum absolute atomic E-state index is 11.2. The lowest BCUT2D eigenvalue weighted by Gasteiger charge is -2.31. The van der Waals surface area contributed by atoms with E-state index in [1.165, 1.54) is 24.0 Å². The van der Waals surface area contributed by atoms with E-state index in [-0.39, 0.29) is 0 Å². The summed E-state index contributed by atoms with van der Waals surface area (Å²) in [6, 6.07) is 8.53. The Bertz CT molecular complexity index is 362. The molecule has 114 valence electrons. The molecule has 0 radical (unpaired) electrons. The van der Waals surface area contributed by atoms with Gasteiger partial charge in [-0.3, -0.25) is 0 Å². The molecule has 0 aliphatic carbocycles.